The quantitative estimate of drug-likeness (QED) is 0.829. The largest absolute Gasteiger partial charge is 0.491 e. The predicted octanol–water partition coefficient (Wildman–Crippen LogP) is 1.43. The topological polar surface area (TPSA) is 69.4 Å². The van der Waals surface area contributed by atoms with E-state index in [2.05, 4.69) is 10.1 Å². The Labute approximate surface area is 118 Å². The van der Waals surface area contributed by atoms with Crippen LogP contribution >= 0.6 is 0 Å². The second-order valence-electron chi connectivity index (χ2n) is 4.68. The molecule has 0 saturated heterocycles. The summed E-state index contributed by atoms with van der Waals surface area (Å²) in [5.41, 5.74) is 0.901. The van der Waals surface area contributed by atoms with E-state index in [-0.39, 0.29) is 19.3 Å². The lowest BCUT2D eigenvalue weighted by molar-refractivity contribution is -0.0122. The van der Waals surface area contributed by atoms with Gasteiger partial charge in [0.15, 0.2) is 0 Å². The van der Waals surface area contributed by atoms with Gasteiger partial charge in [-0.15, -0.1) is 0 Å². The fourth-order valence-electron chi connectivity index (χ4n) is 1.58. The van der Waals surface area contributed by atoms with Crippen molar-refractivity contribution >= 4 is 0 Å². The molecule has 6 heteroatoms. The van der Waals surface area contributed by atoms with E-state index in [4.69, 9.17) is 9.47 Å². The Kier molecular flexibility index (Phi) is 5.09. The molecule has 0 spiro atoms. The molecule has 108 valence electrons. The summed E-state index contributed by atoms with van der Waals surface area (Å²) in [6.45, 7) is 4.33. The van der Waals surface area contributed by atoms with Crippen LogP contribution in [0.5, 0.6) is 5.75 Å². The molecule has 2 aromatic rings. The maximum atomic E-state index is 9.69. The van der Waals surface area contributed by atoms with Gasteiger partial charge in [0, 0.05) is 0 Å². The lowest BCUT2D eigenvalue weighted by atomic mass is 10.3. The Morgan fingerprint density at radius 2 is 1.95 bits per heavy atom. The third-order valence-electron chi connectivity index (χ3n) is 2.58. The van der Waals surface area contributed by atoms with E-state index in [0.717, 1.165) is 5.69 Å². The molecule has 0 fully saturated rings. The van der Waals surface area contributed by atoms with Gasteiger partial charge >= 0.3 is 0 Å². The Balaban J connectivity index is 1.82. The minimum absolute atomic E-state index is 0.103. The molecule has 0 aliphatic carbocycles. The molecule has 0 amide bonds. The van der Waals surface area contributed by atoms with E-state index in [1.165, 1.54) is 6.33 Å². The van der Waals surface area contributed by atoms with Crippen molar-refractivity contribution in [3.63, 3.8) is 0 Å². The molecule has 1 heterocycles. The van der Waals surface area contributed by atoms with Crippen LogP contribution in [0.4, 0.5) is 0 Å². The zero-order valence-electron chi connectivity index (χ0n) is 11.6. The van der Waals surface area contributed by atoms with Gasteiger partial charge in [0.25, 0.3) is 0 Å². The van der Waals surface area contributed by atoms with Gasteiger partial charge in [-0.3, -0.25) is 0 Å². The Hall–Kier alpha value is -1.92. The first-order valence-electron chi connectivity index (χ1n) is 6.52. The van der Waals surface area contributed by atoms with Crippen LogP contribution in [0.15, 0.2) is 36.9 Å². The second kappa shape index (κ2) is 7.02. The molecule has 20 heavy (non-hydrogen) atoms. The Bertz CT molecular complexity index is 497. The van der Waals surface area contributed by atoms with Crippen LogP contribution in [0.25, 0.3) is 5.69 Å². The number of benzene rings is 1. The summed E-state index contributed by atoms with van der Waals surface area (Å²) < 4.78 is 12.5. The summed E-state index contributed by atoms with van der Waals surface area (Å²) >= 11 is 0. The van der Waals surface area contributed by atoms with Gasteiger partial charge in [0.2, 0.25) is 0 Å². The molecule has 0 aliphatic rings. The third kappa shape index (κ3) is 4.32. The lowest BCUT2D eigenvalue weighted by Crippen LogP contribution is -2.25. The van der Waals surface area contributed by atoms with E-state index < -0.39 is 6.10 Å². The maximum Gasteiger partial charge on any atom is 0.138 e. The fraction of sp³-hybridized carbons (Fsp3) is 0.429. The van der Waals surface area contributed by atoms with E-state index in [1.54, 1.807) is 11.0 Å². The van der Waals surface area contributed by atoms with Gasteiger partial charge < -0.3 is 14.6 Å². The fourth-order valence-corrected chi connectivity index (χ4v) is 1.58. The van der Waals surface area contributed by atoms with Crippen LogP contribution in [0.2, 0.25) is 0 Å². The molecule has 1 N–H and O–H groups in total. The second-order valence-corrected chi connectivity index (χ2v) is 4.68. The summed E-state index contributed by atoms with van der Waals surface area (Å²) in [6, 6.07) is 7.40. The number of ether oxygens (including phenoxy) is 2. The maximum absolute atomic E-state index is 9.69. The Morgan fingerprint density at radius 3 is 2.55 bits per heavy atom. The van der Waals surface area contributed by atoms with Crippen molar-refractivity contribution in [2.75, 3.05) is 13.2 Å². The zero-order chi connectivity index (χ0) is 14.4. The van der Waals surface area contributed by atoms with Crippen LogP contribution in [0.3, 0.4) is 0 Å². The first kappa shape index (κ1) is 14.5. The van der Waals surface area contributed by atoms with Crippen molar-refractivity contribution in [1.29, 1.82) is 0 Å². The molecule has 0 radical (unpaired) electrons. The molecule has 1 aromatic heterocycles. The summed E-state index contributed by atoms with van der Waals surface area (Å²) in [4.78, 5) is 3.89. The molecule has 6 nitrogen and oxygen atoms in total. The highest BCUT2D eigenvalue weighted by molar-refractivity contribution is 5.36. The molecular weight excluding hydrogens is 258 g/mol. The van der Waals surface area contributed by atoms with E-state index in [1.807, 2.05) is 38.1 Å². The lowest BCUT2D eigenvalue weighted by Gasteiger charge is -2.14. The van der Waals surface area contributed by atoms with E-state index in [9.17, 15) is 5.11 Å². The standard InChI is InChI=1S/C14H19N3O3/c1-11(2)19-7-13(18)8-20-14-5-3-12(4-6-14)17-10-15-9-16-17/h3-6,9-11,13,18H,7-8H2,1-2H3. The highest BCUT2D eigenvalue weighted by Gasteiger charge is 2.07. The van der Waals surface area contributed by atoms with Gasteiger partial charge in [0.05, 0.1) is 18.4 Å². The minimum atomic E-state index is -0.632. The van der Waals surface area contributed by atoms with Crippen molar-refractivity contribution in [3.8, 4) is 11.4 Å². The van der Waals surface area contributed by atoms with Crippen LogP contribution < -0.4 is 4.74 Å². The average molecular weight is 277 g/mol. The highest BCUT2D eigenvalue weighted by Crippen LogP contribution is 2.14. The SMILES string of the molecule is CC(C)OCC(O)COc1ccc(-n2cncn2)cc1. The number of nitrogens with zero attached hydrogens (tertiary/aromatic N) is 3. The van der Waals surface area contributed by atoms with Crippen molar-refractivity contribution < 1.29 is 14.6 Å². The van der Waals surface area contributed by atoms with E-state index in [0.29, 0.717) is 5.75 Å². The van der Waals surface area contributed by atoms with Gasteiger partial charge in [-0.25, -0.2) is 9.67 Å². The minimum Gasteiger partial charge on any atom is -0.491 e. The monoisotopic (exact) mass is 277 g/mol. The van der Waals surface area contributed by atoms with Crippen LogP contribution in [-0.4, -0.2) is 45.3 Å². The smallest absolute Gasteiger partial charge is 0.138 e. The molecule has 1 atom stereocenters. The highest BCUT2D eigenvalue weighted by atomic mass is 16.5. The summed E-state index contributed by atoms with van der Waals surface area (Å²) in [7, 11) is 0. The van der Waals surface area contributed by atoms with Crippen molar-refractivity contribution in [1.82, 2.24) is 14.8 Å². The molecule has 0 aliphatic heterocycles. The van der Waals surface area contributed by atoms with Crippen LogP contribution in [-0.2, 0) is 4.74 Å². The van der Waals surface area contributed by atoms with Gasteiger partial charge in [0.1, 0.15) is 31.1 Å². The number of rotatable bonds is 7. The summed E-state index contributed by atoms with van der Waals surface area (Å²) in [6.07, 6.45) is 2.58. The number of hydrogen-bond donors (Lipinski definition) is 1. The van der Waals surface area contributed by atoms with Gasteiger partial charge in [-0.05, 0) is 38.1 Å². The number of aliphatic hydroxyl groups is 1. The summed E-state index contributed by atoms with van der Waals surface area (Å²) in [5, 5.41) is 13.7. The average Bonchev–Trinajstić information content (AvgIpc) is 2.97. The predicted molar refractivity (Wildman–Crippen MR) is 73.9 cm³/mol. The van der Waals surface area contributed by atoms with Crippen LogP contribution in [0, 0.1) is 0 Å². The number of aliphatic hydroxyl groups excluding tert-OH is 1. The molecule has 0 bridgehead atoms. The van der Waals surface area contributed by atoms with Crippen molar-refractivity contribution in [2.24, 2.45) is 0 Å². The third-order valence-corrected chi connectivity index (χ3v) is 2.58. The number of aromatic nitrogens is 3. The molecule has 1 unspecified atom stereocenters. The molecule has 1 aromatic carbocycles. The van der Waals surface area contributed by atoms with E-state index >= 15 is 0 Å². The molecule has 0 saturated carbocycles. The van der Waals surface area contributed by atoms with Crippen LogP contribution in [0.1, 0.15) is 13.8 Å². The first-order valence-corrected chi connectivity index (χ1v) is 6.52. The number of hydrogen-bond acceptors (Lipinski definition) is 5. The summed E-state index contributed by atoms with van der Waals surface area (Å²) in [5.74, 6) is 0.692. The Morgan fingerprint density at radius 1 is 1.20 bits per heavy atom. The molecule has 2 rings (SSSR count). The molecular formula is C14H19N3O3. The normalized spacial score (nSPS) is 12.6. The zero-order valence-corrected chi connectivity index (χ0v) is 11.6. The first-order chi connectivity index (χ1) is 9.65. The van der Waals surface area contributed by atoms with Gasteiger partial charge in [-0.2, -0.15) is 5.10 Å². The van der Waals surface area contributed by atoms with Crippen molar-refractivity contribution in [2.45, 2.75) is 26.1 Å². The van der Waals surface area contributed by atoms with Gasteiger partial charge in [-0.1, -0.05) is 0 Å². The van der Waals surface area contributed by atoms with Crippen molar-refractivity contribution in [3.05, 3.63) is 36.9 Å².